The van der Waals surface area contributed by atoms with Crippen molar-refractivity contribution in [3.8, 4) is 0 Å². The van der Waals surface area contributed by atoms with E-state index in [2.05, 4.69) is 47.9 Å². The average Bonchev–Trinajstić information content (AvgIpc) is 2.90. The summed E-state index contributed by atoms with van der Waals surface area (Å²) < 4.78 is 0. The number of aromatic nitrogens is 2. The van der Waals surface area contributed by atoms with E-state index in [4.69, 9.17) is 15.9 Å². The van der Waals surface area contributed by atoms with Crippen molar-refractivity contribution in [2.24, 2.45) is 5.73 Å². The fraction of sp³-hybridized carbons (Fsp3) is 0.700. The smallest absolute Gasteiger partial charge is 0.0921 e. The van der Waals surface area contributed by atoms with Gasteiger partial charge in [-0.2, -0.15) is 37.9 Å². The molecule has 0 fully saturated rings. The number of hydrogen-bond donors (Lipinski definition) is 7. The lowest BCUT2D eigenvalue weighted by atomic mass is 10.2. The fourth-order valence-electron chi connectivity index (χ4n) is 0.987. The summed E-state index contributed by atoms with van der Waals surface area (Å²) in [6, 6.07) is 0.129. The summed E-state index contributed by atoms with van der Waals surface area (Å²) in [4.78, 5) is 6.85. The highest BCUT2D eigenvalue weighted by atomic mass is 32.1. The van der Waals surface area contributed by atoms with E-state index in [9.17, 15) is 0 Å². The third kappa shape index (κ3) is 8.28. The van der Waals surface area contributed by atoms with Gasteiger partial charge >= 0.3 is 0 Å². The second kappa shape index (κ2) is 11.0. The molecule has 3 atom stereocenters. The molecule has 18 heavy (non-hydrogen) atoms. The van der Waals surface area contributed by atoms with Gasteiger partial charge in [-0.15, -0.1) is 0 Å². The normalized spacial score (nSPS) is 15.4. The number of aromatic amines is 1. The van der Waals surface area contributed by atoms with Crippen molar-refractivity contribution in [1.82, 2.24) is 9.97 Å². The molecule has 1 aromatic rings. The Morgan fingerprint density at radius 3 is 2.06 bits per heavy atom. The Hall–Kier alpha value is 0.140. The molecule has 0 unspecified atom stereocenters. The molecule has 0 saturated carbocycles. The molecule has 1 heterocycles. The van der Waals surface area contributed by atoms with E-state index in [0.717, 1.165) is 12.1 Å². The Kier molecular flexibility index (Phi) is 11.1. The SMILES string of the molecule is N[C@H](CS)Cc1cnc[nH]1.O[C@H](CS)[C@H](O)CS. The van der Waals surface area contributed by atoms with Crippen LogP contribution in [0.3, 0.4) is 0 Å². The summed E-state index contributed by atoms with van der Waals surface area (Å²) in [5.74, 6) is 1.27. The minimum atomic E-state index is -0.740. The van der Waals surface area contributed by atoms with Gasteiger partial charge in [0.05, 0.1) is 18.5 Å². The summed E-state index contributed by atoms with van der Waals surface area (Å²) in [5.41, 5.74) is 6.71. The zero-order valence-electron chi connectivity index (χ0n) is 9.98. The standard InChI is InChI=1S/C6H11N3S.C4H10O2S2/c7-5(3-10)1-6-2-8-4-9-6;5-3(1-7)4(6)2-8/h2,4-5,10H,1,3,7H2,(H,8,9);3-8H,1-2H2/t5-;3-,4-/m01/s1. The van der Waals surface area contributed by atoms with Gasteiger partial charge in [-0.1, -0.05) is 0 Å². The van der Waals surface area contributed by atoms with Gasteiger partial charge in [0.15, 0.2) is 0 Å². The molecule has 0 amide bonds. The molecule has 5 N–H and O–H groups in total. The van der Waals surface area contributed by atoms with E-state index >= 15 is 0 Å². The predicted molar refractivity (Wildman–Crippen MR) is 83.8 cm³/mol. The summed E-state index contributed by atoms with van der Waals surface area (Å²) in [6.07, 6.45) is 2.78. The first-order chi connectivity index (χ1) is 8.54. The maximum absolute atomic E-state index is 8.75. The predicted octanol–water partition coefficient (Wildman–Crippen LogP) is -0.223. The van der Waals surface area contributed by atoms with Crippen LogP contribution < -0.4 is 5.73 Å². The topological polar surface area (TPSA) is 95.2 Å². The van der Waals surface area contributed by atoms with Gasteiger partial charge in [-0.3, -0.25) is 0 Å². The minimum absolute atomic E-state index is 0.129. The van der Waals surface area contributed by atoms with Crippen molar-refractivity contribution in [2.75, 3.05) is 17.3 Å². The van der Waals surface area contributed by atoms with Crippen molar-refractivity contribution < 1.29 is 10.2 Å². The lowest BCUT2D eigenvalue weighted by molar-refractivity contribution is 0.0504. The molecule has 0 saturated heterocycles. The Morgan fingerprint density at radius 1 is 1.17 bits per heavy atom. The number of H-pyrrole nitrogens is 1. The number of nitrogens with zero attached hydrogens (tertiary/aromatic N) is 1. The largest absolute Gasteiger partial charge is 0.390 e. The van der Waals surface area contributed by atoms with Gasteiger partial charge in [0.25, 0.3) is 0 Å². The van der Waals surface area contributed by atoms with E-state index in [0.29, 0.717) is 5.75 Å². The number of imidazole rings is 1. The molecule has 0 aliphatic carbocycles. The third-order valence-electron chi connectivity index (χ3n) is 2.09. The zero-order chi connectivity index (χ0) is 14.0. The number of nitrogens with two attached hydrogens (primary N) is 1. The summed E-state index contributed by atoms with van der Waals surface area (Å²) in [6.45, 7) is 0. The van der Waals surface area contributed by atoms with Crippen LogP contribution >= 0.6 is 37.9 Å². The summed E-state index contributed by atoms with van der Waals surface area (Å²) >= 11 is 11.6. The molecule has 106 valence electrons. The van der Waals surface area contributed by atoms with Crippen LogP contribution in [0, 0.1) is 0 Å². The molecule has 0 bridgehead atoms. The molecular weight excluding hydrogens is 290 g/mol. The number of aliphatic hydroxyl groups is 2. The second-order valence-corrected chi connectivity index (χ2v) is 4.82. The van der Waals surface area contributed by atoms with Crippen LogP contribution in [0.2, 0.25) is 0 Å². The maximum atomic E-state index is 8.75. The van der Waals surface area contributed by atoms with E-state index in [1.54, 1.807) is 12.5 Å². The molecule has 1 rings (SSSR count). The van der Waals surface area contributed by atoms with Crippen LogP contribution in [0.4, 0.5) is 0 Å². The number of thiol groups is 3. The Labute approximate surface area is 124 Å². The van der Waals surface area contributed by atoms with Crippen molar-refractivity contribution in [3.63, 3.8) is 0 Å². The van der Waals surface area contributed by atoms with Gasteiger partial charge in [0.1, 0.15) is 0 Å². The van der Waals surface area contributed by atoms with Gasteiger partial charge in [-0.05, 0) is 0 Å². The molecular formula is C10H21N3O2S3. The number of rotatable bonds is 6. The van der Waals surface area contributed by atoms with Crippen molar-refractivity contribution in [1.29, 1.82) is 0 Å². The van der Waals surface area contributed by atoms with Crippen LogP contribution in [-0.2, 0) is 6.42 Å². The van der Waals surface area contributed by atoms with Crippen molar-refractivity contribution in [2.45, 2.75) is 24.7 Å². The van der Waals surface area contributed by atoms with Crippen molar-refractivity contribution in [3.05, 3.63) is 18.2 Å². The van der Waals surface area contributed by atoms with E-state index in [1.807, 2.05) is 0 Å². The molecule has 0 spiro atoms. The molecule has 0 aliphatic rings. The lowest BCUT2D eigenvalue weighted by Crippen LogP contribution is -2.28. The Balaban J connectivity index is 0.000000331. The van der Waals surface area contributed by atoms with Gasteiger partial charge in [0, 0.05) is 41.6 Å². The van der Waals surface area contributed by atoms with Gasteiger partial charge in [-0.25, -0.2) is 4.98 Å². The quantitative estimate of drug-likeness (QED) is 0.370. The highest BCUT2D eigenvalue weighted by molar-refractivity contribution is 7.80. The highest BCUT2D eigenvalue weighted by Gasteiger charge is 2.10. The first-order valence-corrected chi connectivity index (χ1v) is 7.36. The highest BCUT2D eigenvalue weighted by Crippen LogP contribution is 1.97. The summed E-state index contributed by atoms with van der Waals surface area (Å²) in [7, 11) is 0. The summed E-state index contributed by atoms with van der Waals surface area (Å²) in [5, 5.41) is 17.5. The first-order valence-electron chi connectivity index (χ1n) is 5.46. The van der Waals surface area contributed by atoms with Crippen molar-refractivity contribution >= 4 is 37.9 Å². The third-order valence-corrected chi connectivity index (χ3v) is 3.31. The molecule has 8 heteroatoms. The molecule has 0 aliphatic heterocycles. The van der Waals surface area contributed by atoms with E-state index in [-0.39, 0.29) is 17.5 Å². The molecule has 5 nitrogen and oxygen atoms in total. The Bertz CT molecular complexity index is 280. The molecule has 0 aromatic carbocycles. The van der Waals surface area contributed by atoms with Crippen LogP contribution in [-0.4, -0.2) is 55.7 Å². The Morgan fingerprint density at radius 2 is 1.72 bits per heavy atom. The number of aliphatic hydroxyl groups excluding tert-OH is 2. The fourth-order valence-corrected chi connectivity index (χ4v) is 1.60. The van der Waals surface area contributed by atoms with E-state index in [1.165, 1.54) is 0 Å². The van der Waals surface area contributed by atoms with Gasteiger partial charge in [0.2, 0.25) is 0 Å². The minimum Gasteiger partial charge on any atom is -0.390 e. The van der Waals surface area contributed by atoms with Gasteiger partial charge < -0.3 is 20.9 Å². The maximum Gasteiger partial charge on any atom is 0.0921 e. The number of nitrogens with one attached hydrogen (secondary N) is 1. The van der Waals surface area contributed by atoms with E-state index < -0.39 is 12.2 Å². The lowest BCUT2D eigenvalue weighted by Gasteiger charge is -2.11. The van der Waals surface area contributed by atoms with Crippen LogP contribution in [0.25, 0.3) is 0 Å². The second-order valence-electron chi connectivity index (χ2n) is 3.72. The monoisotopic (exact) mass is 311 g/mol. The zero-order valence-corrected chi connectivity index (χ0v) is 12.7. The van der Waals surface area contributed by atoms with Crippen LogP contribution in [0.5, 0.6) is 0 Å². The van der Waals surface area contributed by atoms with Crippen LogP contribution in [0.1, 0.15) is 5.69 Å². The molecule has 0 radical (unpaired) electrons. The van der Waals surface area contributed by atoms with Crippen LogP contribution in [0.15, 0.2) is 12.5 Å². The molecule has 1 aromatic heterocycles. The average molecular weight is 311 g/mol. The number of hydrogen-bond acceptors (Lipinski definition) is 7. The first kappa shape index (κ1) is 18.1.